The van der Waals surface area contributed by atoms with Crippen molar-refractivity contribution in [3.63, 3.8) is 0 Å². The summed E-state index contributed by atoms with van der Waals surface area (Å²) in [6.45, 7) is 3.50. The van der Waals surface area contributed by atoms with Gasteiger partial charge in [-0.3, -0.25) is 14.5 Å². The molecule has 26 heavy (non-hydrogen) atoms. The van der Waals surface area contributed by atoms with Gasteiger partial charge in [0.05, 0.1) is 18.0 Å². The standard InChI is InChI=1S/C18H26N6O2/c1-14-15(10-22-23(14)2)4-5-17(25)21-12-18(26)6-3-9-24(13-18)16-11-19-7-8-20-16/h7-8,10-11,26H,3-6,9,12-13H2,1-2H3,(H,21,25)/t18-/m1/s1. The third kappa shape index (κ3) is 4.37. The number of aliphatic hydroxyl groups is 1. The van der Waals surface area contributed by atoms with Crippen molar-refractivity contribution in [2.24, 2.45) is 7.05 Å². The zero-order valence-corrected chi connectivity index (χ0v) is 15.4. The number of anilines is 1. The minimum atomic E-state index is -0.949. The van der Waals surface area contributed by atoms with Crippen molar-refractivity contribution in [3.05, 3.63) is 36.0 Å². The minimum absolute atomic E-state index is 0.0571. The lowest BCUT2D eigenvalue weighted by atomic mass is 9.92. The Morgan fingerprint density at radius 3 is 2.92 bits per heavy atom. The number of aromatic nitrogens is 4. The lowest BCUT2D eigenvalue weighted by Gasteiger charge is -2.39. The van der Waals surface area contributed by atoms with Gasteiger partial charge in [0.25, 0.3) is 0 Å². The Labute approximate surface area is 153 Å². The Kier molecular flexibility index (Phi) is 5.51. The largest absolute Gasteiger partial charge is 0.386 e. The average molecular weight is 358 g/mol. The van der Waals surface area contributed by atoms with Crippen LogP contribution in [0.4, 0.5) is 5.82 Å². The number of rotatable bonds is 6. The van der Waals surface area contributed by atoms with Crippen LogP contribution >= 0.6 is 0 Å². The van der Waals surface area contributed by atoms with Crippen molar-refractivity contribution in [1.29, 1.82) is 0 Å². The van der Waals surface area contributed by atoms with Crippen LogP contribution in [0.5, 0.6) is 0 Å². The van der Waals surface area contributed by atoms with E-state index in [1.54, 1.807) is 29.5 Å². The first-order chi connectivity index (χ1) is 12.5. The molecule has 1 saturated heterocycles. The van der Waals surface area contributed by atoms with Crippen LogP contribution in [-0.2, 0) is 18.3 Å². The summed E-state index contributed by atoms with van der Waals surface area (Å²) < 4.78 is 1.80. The highest BCUT2D eigenvalue weighted by Gasteiger charge is 2.34. The van der Waals surface area contributed by atoms with E-state index in [0.29, 0.717) is 25.8 Å². The van der Waals surface area contributed by atoms with Crippen molar-refractivity contribution in [3.8, 4) is 0 Å². The molecule has 0 aliphatic carbocycles. The van der Waals surface area contributed by atoms with Gasteiger partial charge in [0, 0.05) is 51.2 Å². The summed E-state index contributed by atoms with van der Waals surface area (Å²) in [4.78, 5) is 22.6. The van der Waals surface area contributed by atoms with Crippen molar-refractivity contribution >= 4 is 11.7 Å². The smallest absolute Gasteiger partial charge is 0.220 e. The maximum atomic E-state index is 12.2. The molecule has 1 atom stereocenters. The number of β-amino-alcohol motifs (C(OH)–C–C–N with tert-alkyl or cyclic N) is 1. The zero-order chi connectivity index (χ0) is 18.6. The summed E-state index contributed by atoms with van der Waals surface area (Å²) in [6, 6.07) is 0. The fraction of sp³-hybridized carbons (Fsp3) is 0.556. The van der Waals surface area contributed by atoms with E-state index in [0.717, 1.165) is 30.0 Å². The van der Waals surface area contributed by atoms with Crippen LogP contribution in [0.25, 0.3) is 0 Å². The first-order valence-electron chi connectivity index (χ1n) is 8.94. The number of piperidine rings is 1. The first kappa shape index (κ1) is 18.3. The minimum Gasteiger partial charge on any atom is -0.386 e. The van der Waals surface area contributed by atoms with Crippen molar-refractivity contribution < 1.29 is 9.90 Å². The zero-order valence-electron chi connectivity index (χ0n) is 15.4. The number of nitrogens with zero attached hydrogens (tertiary/aromatic N) is 5. The molecular formula is C18H26N6O2. The third-order valence-corrected chi connectivity index (χ3v) is 5.00. The highest BCUT2D eigenvalue weighted by atomic mass is 16.3. The van der Waals surface area contributed by atoms with Crippen LogP contribution in [0.3, 0.4) is 0 Å². The number of aryl methyl sites for hydroxylation is 2. The fourth-order valence-corrected chi connectivity index (χ4v) is 3.30. The normalized spacial score (nSPS) is 20.2. The molecule has 140 valence electrons. The predicted octanol–water partition coefficient (Wildman–Crippen LogP) is 0.599. The molecule has 1 amide bonds. The molecule has 8 heteroatoms. The molecule has 2 aromatic heterocycles. The van der Waals surface area contributed by atoms with Gasteiger partial charge in [-0.1, -0.05) is 0 Å². The maximum Gasteiger partial charge on any atom is 0.220 e. The number of hydrogen-bond acceptors (Lipinski definition) is 6. The Hall–Kier alpha value is -2.48. The summed E-state index contributed by atoms with van der Waals surface area (Å²) >= 11 is 0. The molecule has 2 aromatic rings. The second-order valence-corrected chi connectivity index (χ2v) is 6.97. The summed E-state index contributed by atoms with van der Waals surface area (Å²) in [5.74, 6) is 0.697. The SMILES string of the molecule is Cc1c(CCC(=O)NC[C@]2(O)CCCN(c3cnccn3)C2)cnn1C. The molecule has 0 aromatic carbocycles. The van der Waals surface area contributed by atoms with E-state index in [1.807, 2.05) is 18.9 Å². The Morgan fingerprint density at radius 2 is 2.23 bits per heavy atom. The van der Waals surface area contributed by atoms with E-state index in [2.05, 4.69) is 20.4 Å². The second-order valence-electron chi connectivity index (χ2n) is 6.97. The molecule has 0 spiro atoms. The molecule has 3 rings (SSSR count). The van der Waals surface area contributed by atoms with Crippen molar-refractivity contribution in [1.82, 2.24) is 25.1 Å². The van der Waals surface area contributed by atoms with Gasteiger partial charge in [0.2, 0.25) is 5.91 Å². The van der Waals surface area contributed by atoms with Gasteiger partial charge in [0.15, 0.2) is 0 Å². The topological polar surface area (TPSA) is 96.2 Å². The Morgan fingerprint density at radius 1 is 1.38 bits per heavy atom. The molecule has 0 bridgehead atoms. The van der Waals surface area contributed by atoms with E-state index in [-0.39, 0.29) is 12.5 Å². The quantitative estimate of drug-likeness (QED) is 0.785. The van der Waals surface area contributed by atoms with Gasteiger partial charge >= 0.3 is 0 Å². The summed E-state index contributed by atoms with van der Waals surface area (Å²) in [5, 5.41) is 17.9. The summed E-state index contributed by atoms with van der Waals surface area (Å²) in [7, 11) is 1.89. The first-order valence-corrected chi connectivity index (χ1v) is 8.94. The molecule has 8 nitrogen and oxygen atoms in total. The monoisotopic (exact) mass is 358 g/mol. The van der Waals surface area contributed by atoms with Gasteiger partial charge in [-0.2, -0.15) is 5.10 Å². The number of carbonyl (C=O) groups is 1. The van der Waals surface area contributed by atoms with E-state index >= 15 is 0 Å². The average Bonchev–Trinajstić information content (AvgIpc) is 2.97. The Balaban J connectivity index is 1.49. The second kappa shape index (κ2) is 7.82. The maximum absolute atomic E-state index is 12.2. The van der Waals surface area contributed by atoms with Gasteiger partial charge < -0.3 is 15.3 Å². The highest BCUT2D eigenvalue weighted by Crippen LogP contribution is 2.24. The Bertz CT molecular complexity index is 747. The molecular weight excluding hydrogens is 332 g/mol. The van der Waals surface area contributed by atoms with Crippen LogP contribution in [0.2, 0.25) is 0 Å². The van der Waals surface area contributed by atoms with Crippen LogP contribution in [-0.4, -0.2) is 56.0 Å². The van der Waals surface area contributed by atoms with Crippen LogP contribution in [0.1, 0.15) is 30.5 Å². The molecule has 0 radical (unpaired) electrons. The van der Waals surface area contributed by atoms with Crippen LogP contribution in [0, 0.1) is 6.92 Å². The van der Waals surface area contributed by atoms with Crippen molar-refractivity contribution in [2.45, 2.75) is 38.2 Å². The third-order valence-electron chi connectivity index (χ3n) is 5.00. The van der Waals surface area contributed by atoms with Gasteiger partial charge in [0.1, 0.15) is 5.82 Å². The molecule has 2 N–H and O–H groups in total. The predicted molar refractivity (Wildman–Crippen MR) is 97.7 cm³/mol. The summed E-state index contributed by atoms with van der Waals surface area (Å²) in [5.41, 5.74) is 1.20. The molecule has 0 unspecified atom stereocenters. The van der Waals surface area contributed by atoms with E-state index in [1.165, 1.54) is 0 Å². The highest BCUT2D eigenvalue weighted by molar-refractivity contribution is 5.76. The van der Waals surface area contributed by atoms with Crippen LogP contribution in [0.15, 0.2) is 24.8 Å². The number of nitrogens with one attached hydrogen (secondary N) is 1. The van der Waals surface area contributed by atoms with E-state index in [4.69, 9.17) is 0 Å². The lowest BCUT2D eigenvalue weighted by Crippen LogP contribution is -2.54. The molecule has 0 saturated carbocycles. The van der Waals surface area contributed by atoms with E-state index in [9.17, 15) is 9.90 Å². The van der Waals surface area contributed by atoms with Gasteiger partial charge in [-0.25, -0.2) is 4.98 Å². The molecule has 1 aliphatic rings. The van der Waals surface area contributed by atoms with Gasteiger partial charge in [-0.05, 0) is 31.7 Å². The van der Waals surface area contributed by atoms with Crippen LogP contribution < -0.4 is 10.2 Å². The van der Waals surface area contributed by atoms with Gasteiger partial charge in [-0.15, -0.1) is 0 Å². The number of hydrogen-bond donors (Lipinski definition) is 2. The number of carbonyl (C=O) groups excluding carboxylic acids is 1. The molecule has 1 fully saturated rings. The molecule has 1 aliphatic heterocycles. The summed E-state index contributed by atoms with van der Waals surface area (Å²) in [6.07, 6.45) is 9.31. The number of amides is 1. The van der Waals surface area contributed by atoms with E-state index < -0.39 is 5.60 Å². The fourth-order valence-electron chi connectivity index (χ4n) is 3.30. The van der Waals surface area contributed by atoms with Crippen molar-refractivity contribution in [2.75, 3.05) is 24.5 Å². The molecule has 3 heterocycles. The lowest BCUT2D eigenvalue weighted by molar-refractivity contribution is -0.122.